The molecular formula is C22H25F3N4O5S. The van der Waals surface area contributed by atoms with Gasteiger partial charge >= 0.3 is 12.1 Å². The topological polar surface area (TPSA) is 147 Å². The molecule has 1 fully saturated rings. The number of hydrogen-bond donors (Lipinski definition) is 4. The van der Waals surface area contributed by atoms with Crippen molar-refractivity contribution in [3.8, 4) is 11.3 Å². The van der Waals surface area contributed by atoms with Gasteiger partial charge < -0.3 is 15.9 Å². The molecular weight excluding hydrogens is 489 g/mol. The molecule has 13 heteroatoms. The van der Waals surface area contributed by atoms with Crippen LogP contribution in [-0.4, -0.2) is 52.3 Å². The van der Waals surface area contributed by atoms with Gasteiger partial charge in [0.15, 0.2) is 5.65 Å². The number of carboxylic acids is 1. The first-order chi connectivity index (χ1) is 16.3. The van der Waals surface area contributed by atoms with E-state index in [1.165, 1.54) is 0 Å². The van der Waals surface area contributed by atoms with Crippen LogP contribution >= 0.6 is 0 Å². The van der Waals surface area contributed by atoms with E-state index in [2.05, 4.69) is 9.71 Å². The Kier molecular flexibility index (Phi) is 7.72. The van der Waals surface area contributed by atoms with E-state index in [1.54, 1.807) is 30.5 Å². The highest BCUT2D eigenvalue weighted by Crippen LogP contribution is 2.29. The monoisotopic (exact) mass is 514 g/mol. The van der Waals surface area contributed by atoms with Gasteiger partial charge in [0.1, 0.15) is 0 Å². The average molecular weight is 515 g/mol. The molecule has 1 aromatic carbocycles. The summed E-state index contributed by atoms with van der Waals surface area (Å²) in [4.78, 5) is 13.5. The Morgan fingerprint density at radius 1 is 1.20 bits per heavy atom. The quantitative estimate of drug-likeness (QED) is 0.418. The molecule has 0 bridgehead atoms. The van der Waals surface area contributed by atoms with Crippen molar-refractivity contribution < 1.29 is 36.6 Å². The standard InChI is InChI=1S/C20H24N4O3S.C2HF3O2/c1-13-4-9-16(28(26,27)23-14-5-7-15(25)8-6-14)11-17(13)19-12-22-20-18(21)3-2-10-24(19)20;3-2(4,5)1(6)7/h2-4,9-12,14-15,23,25H,5-8,21H2,1H3;(H,6,7)/t14-,15-;. The van der Waals surface area contributed by atoms with Crippen LogP contribution in [0.2, 0.25) is 0 Å². The number of benzene rings is 1. The summed E-state index contributed by atoms with van der Waals surface area (Å²) in [5, 5.41) is 16.8. The number of anilines is 1. The predicted molar refractivity (Wildman–Crippen MR) is 122 cm³/mol. The van der Waals surface area contributed by atoms with Gasteiger partial charge in [-0.2, -0.15) is 13.2 Å². The fraction of sp³-hybridized carbons (Fsp3) is 0.364. The first-order valence-corrected chi connectivity index (χ1v) is 12.1. The number of aromatic nitrogens is 2. The highest BCUT2D eigenvalue weighted by atomic mass is 32.2. The second kappa shape index (κ2) is 10.2. The number of pyridine rings is 1. The number of aryl methyl sites for hydroxylation is 1. The number of aliphatic hydroxyl groups excluding tert-OH is 1. The third-order valence-corrected chi connectivity index (χ3v) is 7.14. The van der Waals surface area contributed by atoms with Gasteiger partial charge in [-0.3, -0.25) is 4.40 Å². The fourth-order valence-corrected chi connectivity index (χ4v) is 5.09. The zero-order chi connectivity index (χ0) is 26.0. The van der Waals surface area contributed by atoms with Gasteiger partial charge in [0.25, 0.3) is 0 Å². The Morgan fingerprint density at radius 3 is 2.43 bits per heavy atom. The smallest absolute Gasteiger partial charge is 0.475 e. The number of imidazole rings is 1. The number of rotatable bonds is 4. The van der Waals surface area contributed by atoms with Crippen LogP contribution in [0.5, 0.6) is 0 Å². The second-order valence-corrected chi connectivity index (χ2v) is 9.92. The van der Waals surface area contributed by atoms with Gasteiger partial charge in [-0.1, -0.05) is 6.07 Å². The summed E-state index contributed by atoms with van der Waals surface area (Å²) in [6.45, 7) is 1.94. The molecule has 0 atom stereocenters. The SMILES string of the molecule is Cc1ccc(S(=O)(=O)N[C@H]2CC[C@H](O)CC2)cc1-c1cnc2c(N)cccn12.O=C(O)C(F)(F)F. The molecule has 190 valence electrons. The zero-order valence-corrected chi connectivity index (χ0v) is 19.5. The minimum absolute atomic E-state index is 0.145. The number of halogens is 3. The third kappa shape index (κ3) is 6.29. The van der Waals surface area contributed by atoms with Crippen molar-refractivity contribution >= 4 is 27.3 Å². The van der Waals surface area contributed by atoms with E-state index >= 15 is 0 Å². The van der Waals surface area contributed by atoms with Gasteiger partial charge in [0, 0.05) is 17.8 Å². The number of sulfonamides is 1. The highest BCUT2D eigenvalue weighted by molar-refractivity contribution is 7.89. The Labute approximate surface area is 199 Å². The number of nitrogens with zero attached hydrogens (tertiary/aromatic N) is 2. The molecule has 1 saturated carbocycles. The molecule has 0 amide bonds. The third-order valence-electron chi connectivity index (χ3n) is 5.62. The van der Waals surface area contributed by atoms with Gasteiger partial charge in [0.05, 0.1) is 28.6 Å². The summed E-state index contributed by atoms with van der Waals surface area (Å²) in [5.74, 6) is -2.76. The van der Waals surface area contributed by atoms with Crippen molar-refractivity contribution in [1.29, 1.82) is 0 Å². The maximum absolute atomic E-state index is 12.9. The largest absolute Gasteiger partial charge is 0.490 e. The van der Waals surface area contributed by atoms with Crippen LogP contribution in [0.3, 0.4) is 0 Å². The Bertz CT molecular complexity index is 1320. The number of aliphatic carboxylic acids is 1. The van der Waals surface area contributed by atoms with E-state index in [0.29, 0.717) is 37.0 Å². The number of aliphatic hydroxyl groups is 1. The number of hydrogen-bond acceptors (Lipinski definition) is 6. The number of carboxylic acid groups (broad SMARTS) is 1. The first kappa shape index (κ1) is 26.4. The molecule has 2 aromatic heterocycles. The Morgan fingerprint density at radius 2 is 1.83 bits per heavy atom. The Hall–Kier alpha value is -3.16. The minimum Gasteiger partial charge on any atom is -0.475 e. The van der Waals surface area contributed by atoms with E-state index in [0.717, 1.165) is 16.8 Å². The number of fused-ring (bicyclic) bond motifs is 1. The first-order valence-electron chi connectivity index (χ1n) is 10.6. The second-order valence-electron chi connectivity index (χ2n) is 8.21. The number of alkyl halides is 3. The molecule has 35 heavy (non-hydrogen) atoms. The molecule has 4 rings (SSSR count). The molecule has 0 radical (unpaired) electrons. The normalized spacial score (nSPS) is 18.7. The zero-order valence-electron chi connectivity index (χ0n) is 18.7. The lowest BCUT2D eigenvalue weighted by atomic mass is 9.94. The van der Waals surface area contributed by atoms with E-state index in [9.17, 15) is 26.7 Å². The van der Waals surface area contributed by atoms with Gasteiger partial charge in [-0.05, 0) is 62.4 Å². The van der Waals surface area contributed by atoms with Crippen molar-refractivity contribution in [2.75, 3.05) is 5.73 Å². The summed E-state index contributed by atoms with van der Waals surface area (Å²) in [6, 6.07) is 8.58. The summed E-state index contributed by atoms with van der Waals surface area (Å²) >= 11 is 0. The molecule has 5 N–H and O–H groups in total. The molecule has 2 heterocycles. The van der Waals surface area contributed by atoms with Gasteiger partial charge in [-0.25, -0.2) is 22.9 Å². The Balaban J connectivity index is 0.000000429. The molecule has 0 unspecified atom stereocenters. The van der Waals surface area contributed by atoms with Gasteiger partial charge in [0.2, 0.25) is 10.0 Å². The van der Waals surface area contributed by atoms with E-state index in [1.807, 2.05) is 23.6 Å². The average Bonchev–Trinajstić information content (AvgIpc) is 3.20. The molecule has 0 spiro atoms. The van der Waals surface area contributed by atoms with Crippen LogP contribution < -0.4 is 10.5 Å². The van der Waals surface area contributed by atoms with Crippen LogP contribution in [0.1, 0.15) is 31.2 Å². The molecule has 1 aliphatic carbocycles. The number of nitrogens with one attached hydrogen (secondary N) is 1. The summed E-state index contributed by atoms with van der Waals surface area (Å²) in [6.07, 6.45) is 0.692. The van der Waals surface area contributed by atoms with E-state index in [4.69, 9.17) is 15.6 Å². The molecule has 1 aliphatic rings. The van der Waals surface area contributed by atoms with Crippen LogP contribution in [0.25, 0.3) is 16.9 Å². The van der Waals surface area contributed by atoms with Crippen molar-refractivity contribution in [2.24, 2.45) is 0 Å². The lowest BCUT2D eigenvalue weighted by molar-refractivity contribution is -0.192. The van der Waals surface area contributed by atoms with Crippen LogP contribution in [-0.2, 0) is 14.8 Å². The van der Waals surface area contributed by atoms with Crippen LogP contribution in [0.15, 0.2) is 47.6 Å². The van der Waals surface area contributed by atoms with Crippen molar-refractivity contribution in [2.45, 2.75) is 55.8 Å². The van der Waals surface area contributed by atoms with E-state index < -0.39 is 22.2 Å². The van der Waals surface area contributed by atoms with Crippen LogP contribution in [0.4, 0.5) is 18.9 Å². The van der Waals surface area contributed by atoms with Crippen LogP contribution in [0, 0.1) is 6.92 Å². The molecule has 3 aromatic rings. The molecule has 0 saturated heterocycles. The maximum atomic E-state index is 12.9. The van der Waals surface area contributed by atoms with Crippen molar-refractivity contribution in [3.63, 3.8) is 0 Å². The summed E-state index contributed by atoms with van der Waals surface area (Å²) < 4.78 is 62.2. The van der Waals surface area contributed by atoms with Gasteiger partial charge in [-0.15, -0.1) is 0 Å². The number of nitrogen functional groups attached to an aromatic ring is 1. The summed E-state index contributed by atoms with van der Waals surface area (Å²) in [5.41, 5.74) is 9.73. The fourth-order valence-electron chi connectivity index (χ4n) is 3.76. The predicted octanol–water partition coefficient (Wildman–Crippen LogP) is 3.11. The minimum atomic E-state index is -5.08. The van der Waals surface area contributed by atoms with Crippen molar-refractivity contribution in [1.82, 2.24) is 14.1 Å². The lowest BCUT2D eigenvalue weighted by Gasteiger charge is -2.26. The lowest BCUT2D eigenvalue weighted by Crippen LogP contribution is -2.38. The van der Waals surface area contributed by atoms with Crippen molar-refractivity contribution in [3.05, 3.63) is 48.3 Å². The number of nitrogens with two attached hydrogens (primary N) is 1. The highest BCUT2D eigenvalue weighted by Gasteiger charge is 2.38. The number of carbonyl (C=O) groups is 1. The maximum Gasteiger partial charge on any atom is 0.490 e. The summed E-state index contributed by atoms with van der Waals surface area (Å²) in [7, 11) is -3.66. The molecule has 9 nitrogen and oxygen atoms in total. The molecule has 0 aliphatic heterocycles. The van der Waals surface area contributed by atoms with E-state index in [-0.39, 0.29) is 17.0 Å².